The molecule has 118 valence electrons. The van der Waals surface area contributed by atoms with Crippen molar-refractivity contribution in [3.63, 3.8) is 0 Å². The van der Waals surface area contributed by atoms with Crippen LogP contribution in [0.15, 0.2) is 59.1 Å². The number of benzene rings is 2. The van der Waals surface area contributed by atoms with Crippen LogP contribution in [0.2, 0.25) is 0 Å². The second-order valence-electron chi connectivity index (χ2n) is 5.97. The monoisotopic (exact) mass is 307 g/mol. The van der Waals surface area contributed by atoms with Crippen LogP contribution in [0.4, 0.5) is 5.69 Å². The smallest absolute Gasteiger partial charge is 0.245 e. The Morgan fingerprint density at radius 2 is 1.74 bits per heavy atom. The van der Waals surface area contributed by atoms with E-state index in [9.17, 15) is 0 Å². The summed E-state index contributed by atoms with van der Waals surface area (Å²) < 4.78 is 5.31. The molecular weight excluding hydrogens is 286 g/mol. The summed E-state index contributed by atoms with van der Waals surface area (Å²) in [6.45, 7) is 4.81. The Hall–Kier alpha value is -2.62. The van der Waals surface area contributed by atoms with Crippen LogP contribution in [-0.2, 0) is 13.0 Å². The van der Waals surface area contributed by atoms with Crippen molar-refractivity contribution in [3.8, 4) is 11.1 Å². The van der Waals surface area contributed by atoms with Gasteiger partial charge < -0.3 is 9.84 Å². The average Bonchev–Trinajstić information content (AvgIpc) is 3.01. The Balaban J connectivity index is 1.73. The zero-order valence-electron chi connectivity index (χ0n) is 13.5. The fourth-order valence-corrected chi connectivity index (χ4v) is 2.49. The summed E-state index contributed by atoms with van der Waals surface area (Å²) in [5, 5.41) is 7.42. The molecule has 0 spiro atoms. The molecule has 0 saturated carbocycles. The van der Waals surface area contributed by atoms with E-state index >= 15 is 0 Å². The molecule has 1 heterocycles. The fraction of sp³-hybridized carbons (Fsp3) is 0.263. The van der Waals surface area contributed by atoms with E-state index in [0.717, 1.165) is 23.5 Å². The molecule has 0 saturated heterocycles. The minimum atomic E-state index is 0.521. The van der Waals surface area contributed by atoms with Crippen molar-refractivity contribution in [2.24, 2.45) is 5.92 Å². The van der Waals surface area contributed by atoms with Crippen molar-refractivity contribution in [2.45, 2.75) is 26.8 Å². The topological polar surface area (TPSA) is 51.0 Å². The van der Waals surface area contributed by atoms with Crippen LogP contribution < -0.4 is 5.32 Å². The third kappa shape index (κ3) is 3.97. The highest BCUT2D eigenvalue weighted by Crippen LogP contribution is 2.27. The van der Waals surface area contributed by atoms with Gasteiger partial charge in [-0.05, 0) is 17.5 Å². The Bertz CT molecular complexity index is 750. The van der Waals surface area contributed by atoms with Gasteiger partial charge in [0.05, 0.1) is 6.54 Å². The minimum absolute atomic E-state index is 0.521. The highest BCUT2D eigenvalue weighted by Gasteiger charge is 2.09. The van der Waals surface area contributed by atoms with E-state index < -0.39 is 0 Å². The van der Waals surface area contributed by atoms with Crippen LogP contribution in [0.3, 0.4) is 0 Å². The molecule has 0 aliphatic rings. The molecule has 3 rings (SSSR count). The highest BCUT2D eigenvalue weighted by molar-refractivity contribution is 5.77. The molecule has 0 aliphatic carbocycles. The molecule has 0 radical (unpaired) electrons. The van der Waals surface area contributed by atoms with Gasteiger partial charge in [-0.25, -0.2) is 0 Å². The van der Waals surface area contributed by atoms with Gasteiger partial charge in [0.1, 0.15) is 0 Å². The number of hydrogen-bond donors (Lipinski definition) is 1. The number of rotatable bonds is 6. The molecule has 3 aromatic rings. The van der Waals surface area contributed by atoms with Crippen LogP contribution in [-0.4, -0.2) is 10.1 Å². The molecule has 0 atom stereocenters. The van der Waals surface area contributed by atoms with E-state index in [1.54, 1.807) is 0 Å². The van der Waals surface area contributed by atoms with Gasteiger partial charge in [0.15, 0.2) is 5.82 Å². The SMILES string of the molecule is CC(C)Cc1noc(CNc2ccccc2-c2ccccc2)n1. The molecule has 1 aromatic heterocycles. The normalized spacial score (nSPS) is 10.9. The third-order valence-electron chi connectivity index (χ3n) is 3.54. The standard InChI is InChI=1S/C19H21N3O/c1-14(2)12-18-21-19(23-22-18)13-20-17-11-7-6-10-16(17)15-8-4-3-5-9-15/h3-11,14,20H,12-13H2,1-2H3. The van der Waals surface area contributed by atoms with Crippen molar-refractivity contribution < 1.29 is 4.52 Å². The number of nitrogens with zero attached hydrogens (tertiary/aromatic N) is 2. The first-order valence-electron chi connectivity index (χ1n) is 7.92. The molecule has 0 aliphatic heterocycles. The predicted molar refractivity (Wildman–Crippen MR) is 92.0 cm³/mol. The van der Waals surface area contributed by atoms with Crippen molar-refractivity contribution in [3.05, 3.63) is 66.3 Å². The maximum Gasteiger partial charge on any atom is 0.245 e. The lowest BCUT2D eigenvalue weighted by atomic mass is 10.0. The molecule has 0 amide bonds. The summed E-state index contributed by atoms with van der Waals surface area (Å²) in [5.41, 5.74) is 3.40. The first-order chi connectivity index (χ1) is 11.2. The molecule has 4 heteroatoms. The molecular formula is C19H21N3O. The summed E-state index contributed by atoms with van der Waals surface area (Å²) in [6, 6.07) is 18.6. The van der Waals surface area contributed by atoms with Gasteiger partial charge in [-0.1, -0.05) is 67.5 Å². The van der Waals surface area contributed by atoms with E-state index in [0.29, 0.717) is 18.4 Å². The molecule has 0 bridgehead atoms. The van der Waals surface area contributed by atoms with E-state index in [1.807, 2.05) is 30.3 Å². The molecule has 1 N–H and O–H groups in total. The van der Waals surface area contributed by atoms with Gasteiger partial charge in [-0.15, -0.1) is 0 Å². The summed E-state index contributed by atoms with van der Waals surface area (Å²) in [6.07, 6.45) is 0.837. The zero-order valence-corrected chi connectivity index (χ0v) is 13.5. The van der Waals surface area contributed by atoms with Crippen molar-refractivity contribution in [2.75, 3.05) is 5.32 Å². The maximum atomic E-state index is 5.31. The Labute approximate surface area is 136 Å². The fourth-order valence-electron chi connectivity index (χ4n) is 2.49. The summed E-state index contributed by atoms with van der Waals surface area (Å²) in [4.78, 5) is 4.43. The van der Waals surface area contributed by atoms with Gasteiger partial charge >= 0.3 is 0 Å². The average molecular weight is 307 g/mol. The number of aromatic nitrogens is 2. The highest BCUT2D eigenvalue weighted by atomic mass is 16.5. The largest absolute Gasteiger partial charge is 0.376 e. The summed E-state index contributed by atoms with van der Waals surface area (Å²) >= 11 is 0. The molecule has 0 fully saturated rings. The number of nitrogens with one attached hydrogen (secondary N) is 1. The van der Waals surface area contributed by atoms with Crippen molar-refractivity contribution >= 4 is 5.69 Å². The number of hydrogen-bond acceptors (Lipinski definition) is 4. The van der Waals surface area contributed by atoms with Crippen molar-refractivity contribution in [1.82, 2.24) is 10.1 Å². The molecule has 0 unspecified atom stereocenters. The zero-order chi connectivity index (χ0) is 16.1. The number of para-hydroxylation sites is 1. The predicted octanol–water partition coefficient (Wildman–Crippen LogP) is 4.55. The van der Waals surface area contributed by atoms with Crippen LogP contribution in [0.1, 0.15) is 25.6 Å². The lowest BCUT2D eigenvalue weighted by molar-refractivity contribution is 0.375. The van der Waals surface area contributed by atoms with Crippen LogP contribution >= 0.6 is 0 Å². The minimum Gasteiger partial charge on any atom is -0.376 e. The Kier molecular flexibility index (Phi) is 4.71. The van der Waals surface area contributed by atoms with Gasteiger partial charge in [0, 0.05) is 17.7 Å². The lowest BCUT2D eigenvalue weighted by Crippen LogP contribution is -2.02. The van der Waals surface area contributed by atoms with Crippen molar-refractivity contribution in [1.29, 1.82) is 0 Å². The van der Waals surface area contributed by atoms with Crippen LogP contribution in [0.5, 0.6) is 0 Å². The Morgan fingerprint density at radius 3 is 2.52 bits per heavy atom. The maximum absolute atomic E-state index is 5.31. The first kappa shape index (κ1) is 15.3. The molecule has 23 heavy (non-hydrogen) atoms. The first-order valence-corrected chi connectivity index (χ1v) is 7.92. The van der Waals surface area contributed by atoms with Crippen LogP contribution in [0, 0.1) is 5.92 Å². The third-order valence-corrected chi connectivity index (χ3v) is 3.54. The van der Waals surface area contributed by atoms with Crippen LogP contribution in [0.25, 0.3) is 11.1 Å². The summed E-state index contributed by atoms with van der Waals surface area (Å²) in [7, 11) is 0. The lowest BCUT2D eigenvalue weighted by Gasteiger charge is -2.10. The van der Waals surface area contributed by atoms with E-state index in [4.69, 9.17) is 4.52 Å². The van der Waals surface area contributed by atoms with E-state index in [2.05, 4.69) is 53.6 Å². The summed E-state index contributed by atoms with van der Waals surface area (Å²) in [5.74, 6) is 1.91. The van der Waals surface area contributed by atoms with Gasteiger partial charge in [0.25, 0.3) is 0 Å². The second kappa shape index (κ2) is 7.09. The van der Waals surface area contributed by atoms with E-state index in [1.165, 1.54) is 5.56 Å². The molecule has 4 nitrogen and oxygen atoms in total. The second-order valence-corrected chi connectivity index (χ2v) is 5.97. The Morgan fingerprint density at radius 1 is 1.00 bits per heavy atom. The van der Waals surface area contributed by atoms with Gasteiger partial charge in [-0.2, -0.15) is 4.98 Å². The van der Waals surface area contributed by atoms with Gasteiger partial charge in [-0.3, -0.25) is 0 Å². The number of anilines is 1. The quantitative estimate of drug-likeness (QED) is 0.726. The molecule has 2 aromatic carbocycles. The van der Waals surface area contributed by atoms with E-state index in [-0.39, 0.29) is 0 Å². The van der Waals surface area contributed by atoms with Gasteiger partial charge in [0.2, 0.25) is 5.89 Å².